The van der Waals surface area contributed by atoms with Crippen LogP contribution in [0.4, 0.5) is 0 Å². The Balaban J connectivity index is 1.69. The average molecular weight is 209 g/mol. The maximum atomic E-state index is 5.42. The summed E-state index contributed by atoms with van der Waals surface area (Å²) in [6.45, 7) is 0.775. The van der Waals surface area contributed by atoms with E-state index >= 15 is 0 Å². The van der Waals surface area contributed by atoms with Gasteiger partial charge in [0.15, 0.2) is 5.82 Å². The third kappa shape index (κ3) is 3.63. The fraction of sp³-hybridized carbons (Fsp3) is 0.818. The summed E-state index contributed by atoms with van der Waals surface area (Å²) in [6.07, 6.45) is 7.91. The van der Waals surface area contributed by atoms with Crippen molar-refractivity contribution in [1.82, 2.24) is 10.1 Å². The highest BCUT2D eigenvalue weighted by Crippen LogP contribution is 2.31. The smallest absolute Gasteiger partial charge is 0.226 e. The lowest BCUT2D eigenvalue weighted by molar-refractivity contribution is 0.368. The van der Waals surface area contributed by atoms with Crippen LogP contribution in [0, 0.1) is 5.92 Å². The molecular formula is C11H19N3O. The first-order valence-corrected chi connectivity index (χ1v) is 5.90. The molecule has 0 aliphatic heterocycles. The van der Waals surface area contributed by atoms with Gasteiger partial charge in [0.2, 0.25) is 5.89 Å². The lowest BCUT2D eigenvalue weighted by Gasteiger charge is -1.94. The lowest BCUT2D eigenvalue weighted by atomic mass is 10.2. The van der Waals surface area contributed by atoms with Crippen LogP contribution in [-0.2, 0) is 12.8 Å². The van der Waals surface area contributed by atoms with E-state index in [2.05, 4.69) is 10.1 Å². The summed E-state index contributed by atoms with van der Waals surface area (Å²) in [5, 5.41) is 3.98. The molecule has 0 aromatic carbocycles. The Hall–Kier alpha value is -0.900. The molecule has 1 aromatic heterocycles. The molecule has 1 aliphatic rings. The van der Waals surface area contributed by atoms with Crippen LogP contribution >= 0.6 is 0 Å². The van der Waals surface area contributed by atoms with Crippen LogP contribution in [0.15, 0.2) is 4.52 Å². The fourth-order valence-corrected chi connectivity index (χ4v) is 1.65. The minimum absolute atomic E-state index is 0.775. The van der Waals surface area contributed by atoms with Crippen molar-refractivity contribution >= 4 is 0 Å². The minimum atomic E-state index is 0.775. The van der Waals surface area contributed by atoms with Crippen LogP contribution in [0.5, 0.6) is 0 Å². The Labute approximate surface area is 90.2 Å². The highest BCUT2D eigenvalue weighted by molar-refractivity contribution is 4.92. The standard InChI is InChI=1S/C11H19N3O/c12-7-3-1-2-4-11-13-10(14-15-11)8-9-5-6-9/h9H,1-8,12H2. The fourth-order valence-electron chi connectivity index (χ4n) is 1.65. The van der Waals surface area contributed by atoms with Crippen LogP contribution in [0.3, 0.4) is 0 Å². The van der Waals surface area contributed by atoms with Gasteiger partial charge in [-0.15, -0.1) is 0 Å². The lowest BCUT2D eigenvalue weighted by Crippen LogP contribution is -1.98. The molecule has 1 saturated carbocycles. The average Bonchev–Trinajstić information content (AvgIpc) is 2.93. The summed E-state index contributed by atoms with van der Waals surface area (Å²) in [7, 11) is 0. The van der Waals surface area contributed by atoms with E-state index in [1.54, 1.807) is 0 Å². The second-order valence-corrected chi connectivity index (χ2v) is 4.35. The first-order chi connectivity index (χ1) is 7.38. The van der Waals surface area contributed by atoms with Gasteiger partial charge in [0.25, 0.3) is 0 Å². The summed E-state index contributed by atoms with van der Waals surface area (Å²) in [4.78, 5) is 4.38. The molecule has 4 heteroatoms. The number of aromatic nitrogens is 2. The third-order valence-corrected chi connectivity index (χ3v) is 2.77. The van der Waals surface area contributed by atoms with Gasteiger partial charge < -0.3 is 10.3 Å². The largest absolute Gasteiger partial charge is 0.339 e. The normalized spacial score (nSPS) is 15.8. The van der Waals surface area contributed by atoms with Crippen LogP contribution in [0.2, 0.25) is 0 Å². The molecule has 0 radical (unpaired) electrons. The number of aryl methyl sites for hydroxylation is 1. The van der Waals surface area contributed by atoms with Gasteiger partial charge in [0.05, 0.1) is 0 Å². The van der Waals surface area contributed by atoms with Crippen LogP contribution in [-0.4, -0.2) is 16.7 Å². The number of hydrogen-bond acceptors (Lipinski definition) is 4. The molecule has 0 amide bonds. The van der Waals surface area contributed by atoms with Gasteiger partial charge in [-0.05, 0) is 38.1 Å². The number of hydrogen-bond donors (Lipinski definition) is 1. The molecule has 2 N–H and O–H groups in total. The number of rotatable bonds is 7. The van der Waals surface area contributed by atoms with E-state index in [0.29, 0.717) is 0 Å². The second-order valence-electron chi connectivity index (χ2n) is 4.35. The van der Waals surface area contributed by atoms with Crippen molar-refractivity contribution in [1.29, 1.82) is 0 Å². The van der Waals surface area contributed by atoms with E-state index in [-0.39, 0.29) is 0 Å². The first-order valence-electron chi connectivity index (χ1n) is 5.90. The molecule has 4 nitrogen and oxygen atoms in total. The van der Waals surface area contributed by atoms with E-state index < -0.39 is 0 Å². The van der Waals surface area contributed by atoms with E-state index in [1.165, 1.54) is 12.8 Å². The Morgan fingerprint density at radius 2 is 2.13 bits per heavy atom. The van der Waals surface area contributed by atoms with Crippen molar-refractivity contribution in [2.75, 3.05) is 6.54 Å². The summed E-state index contributed by atoms with van der Waals surface area (Å²) < 4.78 is 5.18. The Morgan fingerprint density at radius 1 is 1.27 bits per heavy atom. The molecule has 0 unspecified atom stereocenters. The molecule has 0 saturated heterocycles. The van der Waals surface area contributed by atoms with Gasteiger partial charge >= 0.3 is 0 Å². The zero-order chi connectivity index (χ0) is 10.5. The molecule has 2 rings (SSSR count). The number of nitrogens with two attached hydrogens (primary N) is 1. The molecule has 1 aliphatic carbocycles. The first kappa shape index (κ1) is 10.6. The SMILES string of the molecule is NCCCCCc1nc(CC2CC2)no1. The number of unbranched alkanes of at least 4 members (excludes halogenated alkanes) is 2. The van der Waals surface area contributed by atoms with Crippen molar-refractivity contribution < 1.29 is 4.52 Å². The summed E-state index contributed by atoms with van der Waals surface area (Å²) in [5.41, 5.74) is 5.42. The molecule has 0 atom stereocenters. The highest BCUT2D eigenvalue weighted by Gasteiger charge is 2.23. The van der Waals surface area contributed by atoms with E-state index in [4.69, 9.17) is 10.3 Å². The van der Waals surface area contributed by atoms with Gasteiger partial charge in [0.1, 0.15) is 0 Å². The highest BCUT2D eigenvalue weighted by atomic mass is 16.5. The molecule has 1 heterocycles. The van der Waals surface area contributed by atoms with Gasteiger partial charge in [0, 0.05) is 12.8 Å². The topological polar surface area (TPSA) is 64.9 Å². The zero-order valence-electron chi connectivity index (χ0n) is 9.11. The predicted molar refractivity (Wildman–Crippen MR) is 57.3 cm³/mol. The second kappa shape index (κ2) is 5.26. The van der Waals surface area contributed by atoms with Crippen molar-refractivity contribution in [3.63, 3.8) is 0 Å². The van der Waals surface area contributed by atoms with Crippen molar-refractivity contribution in [3.05, 3.63) is 11.7 Å². The van der Waals surface area contributed by atoms with Gasteiger partial charge in [-0.1, -0.05) is 11.6 Å². The third-order valence-electron chi connectivity index (χ3n) is 2.77. The molecule has 1 fully saturated rings. The van der Waals surface area contributed by atoms with E-state index in [1.807, 2.05) is 0 Å². The maximum Gasteiger partial charge on any atom is 0.226 e. The van der Waals surface area contributed by atoms with Gasteiger partial charge in [-0.3, -0.25) is 0 Å². The zero-order valence-corrected chi connectivity index (χ0v) is 9.11. The number of nitrogens with zero attached hydrogens (tertiary/aromatic N) is 2. The molecule has 15 heavy (non-hydrogen) atoms. The van der Waals surface area contributed by atoms with Gasteiger partial charge in [-0.2, -0.15) is 4.98 Å². The molecule has 84 valence electrons. The molecular weight excluding hydrogens is 190 g/mol. The van der Waals surface area contributed by atoms with Gasteiger partial charge in [-0.25, -0.2) is 0 Å². The van der Waals surface area contributed by atoms with Crippen LogP contribution in [0.1, 0.15) is 43.8 Å². The van der Waals surface area contributed by atoms with Crippen LogP contribution < -0.4 is 5.73 Å². The van der Waals surface area contributed by atoms with E-state index in [9.17, 15) is 0 Å². The molecule has 1 aromatic rings. The van der Waals surface area contributed by atoms with E-state index in [0.717, 1.165) is 56.3 Å². The maximum absolute atomic E-state index is 5.42. The summed E-state index contributed by atoms with van der Waals surface area (Å²) in [6, 6.07) is 0. The minimum Gasteiger partial charge on any atom is -0.339 e. The summed E-state index contributed by atoms with van der Waals surface area (Å²) >= 11 is 0. The van der Waals surface area contributed by atoms with Crippen molar-refractivity contribution in [2.45, 2.75) is 44.9 Å². The van der Waals surface area contributed by atoms with Crippen molar-refractivity contribution in [2.24, 2.45) is 11.7 Å². The predicted octanol–water partition coefficient (Wildman–Crippen LogP) is 1.69. The Morgan fingerprint density at radius 3 is 2.87 bits per heavy atom. The quantitative estimate of drug-likeness (QED) is 0.694. The molecule has 0 bridgehead atoms. The van der Waals surface area contributed by atoms with Crippen molar-refractivity contribution in [3.8, 4) is 0 Å². The Kier molecular flexibility index (Phi) is 3.72. The molecule has 0 spiro atoms. The summed E-state index contributed by atoms with van der Waals surface area (Å²) in [5.74, 6) is 2.52. The van der Waals surface area contributed by atoms with Crippen LogP contribution in [0.25, 0.3) is 0 Å². The Bertz CT molecular complexity index is 294. The monoisotopic (exact) mass is 209 g/mol.